The second-order valence-electron chi connectivity index (χ2n) is 12.3. The lowest BCUT2D eigenvalue weighted by Crippen LogP contribution is -2.64. The Kier molecular flexibility index (Phi) is 15.8. The van der Waals surface area contributed by atoms with Crippen molar-refractivity contribution in [3.05, 3.63) is 35.9 Å². The van der Waals surface area contributed by atoms with Crippen LogP contribution in [0.2, 0.25) is 0 Å². The monoisotopic (exact) mass is 751 g/mol. The van der Waals surface area contributed by atoms with Crippen molar-refractivity contribution in [2.24, 2.45) is 16.5 Å². The maximum atomic E-state index is 13.8. The summed E-state index contributed by atoms with van der Waals surface area (Å²) in [4.78, 5) is 95.6. The normalized spacial score (nSPS) is 28.8. The number of carboxylic acid groups (broad SMARTS) is 1. The molecule has 22 nitrogen and oxygen atoms in total. The number of hydrogen-bond acceptors (Lipinski definition) is 13. The van der Waals surface area contributed by atoms with E-state index in [0.717, 1.165) is 0 Å². The summed E-state index contributed by atoms with van der Waals surface area (Å²) in [6, 6.07) is 1.80. The molecule has 9 atom stereocenters. The first-order chi connectivity index (χ1) is 25.1. The van der Waals surface area contributed by atoms with Gasteiger partial charge in [0.2, 0.25) is 35.4 Å². The van der Waals surface area contributed by atoms with E-state index in [-0.39, 0.29) is 31.8 Å². The maximum Gasteiger partial charge on any atom is 0.305 e. The van der Waals surface area contributed by atoms with Gasteiger partial charge in [0.1, 0.15) is 48.6 Å². The van der Waals surface area contributed by atoms with E-state index in [9.17, 15) is 59.1 Å². The van der Waals surface area contributed by atoms with E-state index in [1.54, 1.807) is 30.3 Å². The number of carboxylic acids is 1. The average molecular weight is 752 g/mol. The fraction of sp³-hybridized carbons (Fsp3) is 0.548. The third kappa shape index (κ3) is 12.9. The molecule has 0 radical (unpaired) electrons. The highest BCUT2D eigenvalue weighted by atomic mass is 16.6. The molecule has 0 aliphatic carbocycles. The van der Waals surface area contributed by atoms with Gasteiger partial charge >= 0.3 is 5.97 Å². The molecule has 292 valence electrons. The third-order valence-electron chi connectivity index (χ3n) is 8.17. The van der Waals surface area contributed by atoms with Gasteiger partial charge in [-0.15, -0.1) is 0 Å². The number of benzene rings is 1. The number of guanidine groups is 1. The minimum atomic E-state index is -1.88. The molecule has 0 unspecified atom stereocenters. The number of nitrogens with zero attached hydrogens (tertiary/aromatic N) is 1. The maximum absolute atomic E-state index is 13.8. The molecule has 53 heavy (non-hydrogen) atoms. The first kappa shape index (κ1) is 42.0. The predicted octanol–water partition coefficient (Wildman–Crippen LogP) is -6.87. The third-order valence-corrected chi connectivity index (χ3v) is 8.17. The Labute approximate surface area is 302 Å². The van der Waals surface area contributed by atoms with Gasteiger partial charge in [0.05, 0.1) is 26.0 Å². The Morgan fingerprint density at radius 1 is 0.811 bits per heavy atom. The molecule has 0 spiro atoms. The number of aliphatic hydroxyl groups is 4. The highest BCUT2D eigenvalue weighted by Crippen LogP contribution is 2.20. The molecule has 2 fully saturated rings. The molecule has 3 rings (SSSR count). The number of amides is 6. The fourth-order valence-corrected chi connectivity index (χ4v) is 5.40. The second-order valence-corrected chi connectivity index (χ2v) is 12.3. The van der Waals surface area contributed by atoms with Gasteiger partial charge in [-0.3, -0.25) is 38.6 Å². The SMILES string of the molecule is NC(N)=NCCC[C@@H]1NC(=O)[C@H](CC(=O)N[C@H]2O[C@@H](CO)[C@H](O)[C@@H](O)[C@@H]2O)NC(=O)[C@@H](Cc2ccccc2)NC(=O)[C@H](CC(=O)O)NC(=O)CNC1=O. The van der Waals surface area contributed by atoms with Gasteiger partial charge in [0.25, 0.3) is 0 Å². The van der Waals surface area contributed by atoms with Crippen LogP contribution in [0.5, 0.6) is 0 Å². The van der Waals surface area contributed by atoms with Crippen molar-refractivity contribution in [2.45, 2.75) is 86.9 Å². The number of aliphatic hydroxyl groups excluding tert-OH is 4. The number of carbonyl (C=O) groups excluding carboxylic acids is 6. The summed E-state index contributed by atoms with van der Waals surface area (Å²) < 4.78 is 5.30. The summed E-state index contributed by atoms with van der Waals surface area (Å²) in [6.45, 7) is -1.53. The number of aliphatic imine (C=N–C) groups is 1. The van der Waals surface area contributed by atoms with E-state index in [2.05, 4.69) is 36.9 Å². The average Bonchev–Trinajstić information content (AvgIpc) is 3.10. The summed E-state index contributed by atoms with van der Waals surface area (Å²) in [5, 5.41) is 63.4. The summed E-state index contributed by atoms with van der Waals surface area (Å²) in [5.41, 5.74) is 11.2. The van der Waals surface area contributed by atoms with Crippen LogP contribution in [-0.2, 0) is 44.7 Å². The first-order valence-electron chi connectivity index (χ1n) is 16.5. The van der Waals surface area contributed by atoms with Crippen LogP contribution >= 0.6 is 0 Å². The quantitative estimate of drug-likeness (QED) is 0.0536. The Balaban J connectivity index is 1.99. The lowest BCUT2D eigenvalue weighted by Gasteiger charge is -2.40. The molecule has 0 saturated carbocycles. The molecular weight excluding hydrogens is 706 g/mol. The second kappa shape index (κ2) is 20.0. The van der Waals surface area contributed by atoms with Gasteiger partial charge in [-0.05, 0) is 18.4 Å². The summed E-state index contributed by atoms with van der Waals surface area (Å²) in [7, 11) is 0. The number of carbonyl (C=O) groups is 7. The molecule has 22 heteroatoms. The summed E-state index contributed by atoms with van der Waals surface area (Å²) in [6.07, 6.45) is -10.5. The molecule has 2 aliphatic heterocycles. The Morgan fingerprint density at radius 3 is 2.04 bits per heavy atom. The van der Waals surface area contributed by atoms with E-state index >= 15 is 0 Å². The molecule has 15 N–H and O–H groups in total. The smallest absolute Gasteiger partial charge is 0.305 e. The number of nitrogens with one attached hydrogen (secondary N) is 6. The fourth-order valence-electron chi connectivity index (χ4n) is 5.40. The van der Waals surface area contributed by atoms with Crippen molar-refractivity contribution >= 4 is 47.4 Å². The summed E-state index contributed by atoms with van der Waals surface area (Å²) >= 11 is 0. The zero-order chi connectivity index (χ0) is 39.2. The minimum Gasteiger partial charge on any atom is -0.481 e. The van der Waals surface area contributed by atoms with Crippen molar-refractivity contribution < 1.29 is 63.8 Å². The van der Waals surface area contributed by atoms with Crippen LogP contribution in [0.3, 0.4) is 0 Å². The van der Waals surface area contributed by atoms with Gasteiger partial charge in [0, 0.05) is 13.0 Å². The minimum absolute atomic E-state index is 0.0238. The molecular formula is C31H45N9O13. The molecule has 6 amide bonds. The van der Waals surface area contributed by atoms with Crippen LogP contribution in [0.1, 0.15) is 31.2 Å². The predicted molar refractivity (Wildman–Crippen MR) is 180 cm³/mol. The number of ether oxygens (including phenoxy) is 1. The number of aliphatic carboxylic acids is 1. The zero-order valence-corrected chi connectivity index (χ0v) is 28.3. The Morgan fingerprint density at radius 2 is 1.42 bits per heavy atom. The van der Waals surface area contributed by atoms with E-state index < -0.39 is 122 Å². The van der Waals surface area contributed by atoms with Gasteiger partial charge in [-0.1, -0.05) is 30.3 Å². The van der Waals surface area contributed by atoms with Crippen LogP contribution < -0.4 is 43.4 Å². The van der Waals surface area contributed by atoms with Gasteiger partial charge < -0.3 is 73.6 Å². The summed E-state index contributed by atoms with van der Waals surface area (Å²) in [5.74, 6) is -7.85. The molecule has 2 saturated heterocycles. The van der Waals surface area contributed by atoms with Crippen molar-refractivity contribution in [2.75, 3.05) is 19.7 Å². The van der Waals surface area contributed by atoms with Crippen molar-refractivity contribution in [1.29, 1.82) is 0 Å². The van der Waals surface area contributed by atoms with Crippen LogP contribution in [0.4, 0.5) is 0 Å². The first-order valence-corrected chi connectivity index (χ1v) is 16.5. The molecule has 0 bridgehead atoms. The highest BCUT2D eigenvalue weighted by Gasteiger charge is 2.44. The van der Waals surface area contributed by atoms with Crippen molar-refractivity contribution in [1.82, 2.24) is 31.9 Å². The van der Waals surface area contributed by atoms with Gasteiger partial charge in [-0.2, -0.15) is 0 Å². The van der Waals surface area contributed by atoms with E-state index in [4.69, 9.17) is 16.2 Å². The van der Waals surface area contributed by atoms with Crippen LogP contribution in [0.25, 0.3) is 0 Å². The van der Waals surface area contributed by atoms with Crippen LogP contribution in [0, 0.1) is 0 Å². The van der Waals surface area contributed by atoms with Gasteiger partial charge in [0.15, 0.2) is 12.2 Å². The Bertz CT molecular complexity index is 1510. The zero-order valence-electron chi connectivity index (χ0n) is 28.3. The Hall–Kier alpha value is -5.42. The van der Waals surface area contributed by atoms with E-state index in [1.165, 1.54) is 0 Å². The standard InChI is InChI=1S/C31H45N9O13/c32-31(33)34-8-4-7-15-26(49)35-12-21(43)36-18(11-22(44)45)29(52)38-16(9-14-5-2-1-3-6-14)27(50)39-17(28(51)37-15)10-20(42)40-30-25(48)24(47)23(46)19(13-41)53-30/h1-3,5-6,15-19,23-25,30,41,46-48H,4,7-13H2,(H,35,49)(H,36,43)(H,37,51)(H,38,52)(H,39,50)(H,40,42)(H,44,45)(H4,32,33,34)/t15-,16+,17-,18-,19-,23-,24+,25-,30-/m0/s1. The molecule has 0 aromatic heterocycles. The largest absolute Gasteiger partial charge is 0.481 e. The van der Waals surface area contributed by atoms with Gasteiger partial charge in [-0.25, -0.2) is 0 Å². The van der Waals surface area contributed by atoms with E-state index in [1.807, 2.05) is 0 Å². The molecule has 2 heterocycles. The van der Waals surface area contributed by atoms with Crippen molar-refractivity contribution in [3.8, 4) is 0 Å². The lowest BCUT2D eigenvalue weighted by molar-refractivity contribution is -0.236. The van der Waals surface area contributed by atoms with Crippen LogP contribution in [-0.4, -0.2) is 147 Å². The molecule has 1 aromatic rings. The number of rotatable bonds is 12. The van der Waals surface area contributed by atoms with E-state index in [0.29, 0.717) is 5.56 Å². The number of nitrogens with two attached hydrogens (primary N) is 2. The van der Waals surface area contributed by atoms with Crippen LogP contribution in [0.15, 0.2) is 35.3 Å². The lowest BCUT2D eigenvalue weighted by atomic mass is 9.98. The highest BCUT2D eigenvalue weighted by molar-refractivity contribution is 5.99. The van der Waals surface area contributed by atoms with Crippen molar-refractivity contribution in [3.63, 3.8) is 0 Å². The molecule has 1 aromatic carbocycles. The number of hydrogen-bond donors (Lipinski definition) is 13. The topological polar surface area (TPSA) is 366 Å². The molecule has 2 aliphatic rings.